The third kappa shape index (κ3) is 28.8. The number of nitrogens with two attached hydrogens (primary N) is 3. The Morgan fingerprint density at radius 3 is 1.44 bits per heavy atom. The molecule has 36 nitrogen and oxygen atoms in total. The van der Waals surface area contributed by atoms with Crippen molar-refractivity contribution in [1.29, 1.82) is 0 Å². The number of amides is 13. The average molecular weight is 1380 g/mol. The van der Waals surface area contributed by atoms with E-state index in [1.165, 1.54) is 13.8 Å². The Bertz CT molecular complexity index is 2950. The number of hydrogen-bond acceptors (Lipinski definition) is 20. The molecule has 1 aromatic carbocycles. The maximum absolute atomic E-state index is 14.4. The summed E-state index contributed by atoms with van der Waals surface area (Å²) in [4.78, 5) is 213. The fourth-order valence-electron chi connectivity index (χ4n) is 10.1. The third-order valence-electron chi connectivity index (χ3n) is 15.5. The van der Waals surface area contributed by atoms with E-state index in [0.29, 0.717) is 0 Å². The van der Waals surface area contributed by atoms with Crippen LogP contribution in [0.4, 0.5) is 0 Å². The van der Waals surface area contributed by atoms with Crippen LogP contribution in [-0.4, -0.2) is 228 Å². The van der Waals surface area contributed by atoms with E-state index in [-0.39, 0.29) is 51.0 Å². The van der Waals surface area contributed by atoms with Crippen molar-refractivity contribution in [2.75, 3.05) is 13.2 Å². The lowest BCUT2D eigenvalue weighted by atomic mass is 9.97. The van der Waals surface area contributed by atoms with Crippen LogP contribution in [0.3, 0.4) is 0 Å². The second-order valence-corrected chi connectivity index (χ2v) is 24.7. The van der Waals surface area contributed by atoms with Crippen LogP contribution in [0.1, 0.15) is 132 Å². The highest BCUT2D eigenvalue weighted by atomic mass is 16.4. The lowest BCUT2D eigenvalue weighted by Crippen LogP contribution is -2.63. The molecule has 1 saturated heterocycles. The predicted octanol–water partition coefficient (Wildman–Crippen LogP) is -6.15. The first-order chi connectivity index (χ1) is 45.3. The summed E-state index contributed by atoms with van der Waals surface area (Å²) in [5.74, 6) is -20.4. The Hall–Kier alpha value is -9.42. The number of hydrogen-bond donors (Lipinski definition) is 19. The van der Waals surface area contributed by atoms with Gasteiger partial charge in [-0.25, -0.2) is 4.79 Å². The quantitative estimate of drug-likeness (QED) is 0.0289. The molecule has 2 rings (SSSR count). The van der Waals surface area contributed by atoms with Gasteiger partial charge in [0.2, 0.25) is 76.8 Å². The zero-order valence-corrected chi connectivity index (χ0v) is 55.5. The lowest BCUT2D eigenvalue weighted by molar-refractivity contribution is -0.147. The molecular weight excluding hydrogens is 1280 g/mol. The first-order valence-corrected chi connectivity index (χ1v) is 31.7. The number of nitrogens with one attached hydrogen (secondary N) is 10. The molecule has 97 heavy (non-hydrogen) atoms. The molecule has 36 heteroatoms. The Morgan fingerprint density at radius 2 is 0.948 bits per heavy atom. The summed E-state index contributed by atoms with van der Waals surface area (Å²) in [5.41, 5.74) is 17.7. The minimum absolute atomic E-state index is 0.0649. The van der Waals surface area contributed by atoms with Crippen LogP contribution in [0.5, 0.6) is 0 Å². The minimum Gasteiger partial charge on any atom is -0.481 e. The van der Waals surface area contributed by atoms with Crippen LogP contribution in [-0.2, 0) is 83.1 Å². The molecule has 0 spiro atoms. The number of carbonyl (C=O) groups is 16. The fourth-order valence-corrected chi connectivity index (χ4v) is 10.1. The lowest BCUT2D eigenvalue weighted by Gasteiger charge is -2.31. The van der Waals surface area contributed by atoms with E-state index in [9.17, 15) is 102 Å². The van der Waals surface area contributed by atoms with Gasteiger partial charge in [0, 0.05) is 19.4 Å². The first-order valence-electron chi connectivity index (χ1n) is 31.7. The van der Waals surface area contributed by atoms with Gasteiger partial charge in [-0.3, -0.25) is 71.9 Å². The van der Waals surface area contributed by atoms with E-state index >= 15 is 0 Å². The molecule has 0 aromatic heterocycles. The highest BCUT2D eigenvalue weighted by molar-refractivity contribution is 6.01. The summed E-state index contributed by atoms with van der Waals surface area (Å²) >= 11 is 0. The fraction of sp³-hybridized carbons (Fsp3) is 0.639. The molecule has 1 aliphatic rings. The zero-order chi connectivity index (χ0) is 73.7. The van der Waals surface area contributed by atoms with Gasteiger partial charge in [-0.05, 0) is 82.1 Å². The maximum Gasteiger partial charge on any atom is 0.326 e. The largest absolute Gasteiger partial charge is 0.481 e. The number of aliphatic carboxylic acids is 3. The van der Waals surface area contributed by atoms with Crippen LogP contribution >= 0.6 is 0 Å². The molecule has 15 atom stereocenters. The van der Waals surface area contributed by atoms with Crippen LogP contribution in [0.25, 0.3) is 0 Å². The van der Waals surface area contributed by atoms with Gasteiger partial charge in [0.15, 0.2) is 0 Å². The van der Waals surface area contributed by atoms with Gasteiger partial charge >= 0.3 is 17.9 Å². The molecule has 13 amide bonds. The van der Waals surface area contributed by atoms with Crippen molar-refractivity contribution in [2.45, 2.75) is 217 Å². The number of aliphatic hydroxyl groups is 3. The van der Waals surface area contributed by atoms with Gasteiger partial charge < -0.3 is 106 Å². The summed E-state index contributed by atoms with van der Waals surface area (Å²) in [6, 6.07) is -11.2. The maximum atomic E-state index is 14.4. The van der Waals surface area contributed by atoms with Crippen molar-refractivity contribution in [3.63, 3.8) is 0 Å². The summed E-state index contributed by atoms with van der Waals surface area (Å²) in [6.07, 6.45) is -7.55. The molecule has 1 fully saturated rings. The predicted molar refractivity (Wildman–Crippen MR) is 340 cm³/mol. The van der Waals surface area contributed by atoms with Gasteiger partial charge in [0.05, 0.1) is 37.7 Å². The Kier molecular flexibility index (Phi) is 35.2. The minimum atomic E-state index is -1.99. The van der Waals surface area contributed by atoms with E-state index in [0.717, 1.165) is 17.4 Å². The molecule has 1 aliphatic heterocycles. The van der Waals surface area contributed by atoms with Gasteiger partial charge in [0.1, 0.15) is 66.5 Å². The number of primary amides is 2. The van der Waals surface area contributed by atoms with Crippen LogP contribution in [0, 0.1) is 17.8 Å². The number of benzene rings is 1. The number of aliphatic hydroxyl groups excluding tert-OH is 3. The smallest absolute Gasteiger partial charge is 0.326 e. The first kappa shape index (κ1) is 83.7. The Labute approximate surface area is 559 Å². The number of nitrogens with zero attached hydrogens (tertiary/aromatic N) is 1. The topological polar surface area (TPSA) is 596 Å². The molecular formula is C61H96N14O22. The summed E-state index contributed by atoms with van der Waals surface area (Å²) in [7, 11) is 0. The molecule has 0 radical (unpaired) electrons. The molecule has 0 saturated carbocycles. The normalized spacial score (nSPS) is 17.1. The van der Waals surface area contributed by atoms with E-state index in [2.05, 4.69) is 47.9 Å². The molecule has 1 heterocycles. The molecule has 0 bridgehead atoms. The Balaban J connectivity index is 2.37. The molecule has 0 aliphatic carbocycles. The monoisotopic (exact) mass is 1380 g/mol. The number of carboxylic acids is 3. The standard InChI is InChI=1S/C61H96N14O22/c1-9-30(6)47(72-59(94)49(32(8)78)74-54(89)38(23-29(4)5)69-58(93)48(31(7)77)73-50(85)34(62)24-33-14-11-10-12-15-33)57(92)71-41(27-76)55(90)68-39(25-44(64)80)53(88)67-37(22-28(2)3)52(87)66-36(17-19-43(63)79)60(95)75-21-13-16-42(75)56(91)65-35(18-20-45(81)82)51(86)70-40(61(96)97)26-46(83)84/h10-12,14-15,28-32,34-42,47-49,76-78H,9,13,16-27,62H2,1-8H3,(H2,63,79)(H2,64,80)(H,65,91)(H,66,87)(H,67,88)(H,68,90)(H,69,93)(H,70,86)(H,71,92)(H,72,94)(H,73,85)(H,74,89)(H,81,82)(H,83,84)(H,96,97)/t30-,31+,32+,34-,35-,36-,37-,38-,39-,40-,41-,42-,47-,48-,49-/m0/s1. The zero-order valence-electron chi connectivity index (χ0n) is 55.5. The van der Waals surface area contributed by atoms with Crippen LogP contribution in [0.2, 0.25) is 0 Å². The summed E-state index contributed by atoms with van der Waals surface area (Å²) in [5, 5.41) is 83.1. The van der Waals surface area contributed by atoms with Crippen molar-refractivity contribution < 1.29 is 107 Å². The van der Waals surface area contributed by atoms with E-state index in [4.69, 9.17) is 22.3 Å². The second kappa shape index (κ2) is 40.9. The van der Waals surface area contributed by atoms with Crippen molar-refractivity contribution in [2.24, 2.45) is 35.0 Å². The Morgan fingerprint density at radius 1 is 0.505 bits per heavy atom. The molecule has 22 N–H and O–H groups in total. The average Bonchev–Trinajstić information content (AvgIpc) is 1.78. The molecule has 542 valence electrons. The van der Waals surface area contributed by atoms with Crippen molar-refractivity contribution in [3.05, 3.63) is 35.9 Å². The van der Waals surface area contributed by atoms with Crippen LogP contribution < -0.4 is 70.4 Å². The van der Waals surface area contributed by atoms with Crippen LogP contribution in [0.15, 0.2) is 30.3 Å². The number of carboxylic acid groups (broad SMARTS) is 3. The van der Waals surface area contributed by atoms with Crippen molar-refractivity contribution in [3.8, 4) is 0 Å². The highest BCUT2D eigenvalue weighted by Gasteiger charge is 2.42. The van der Waals surface area contributed by atoms with Gasteiger partial charge in [0.25, 0.3) is 0 Å². The summed E-state index contributed by atoms with van der Waals surface area (Å²) < 4.78 is 0. The molecule has 0 unspecified atom stereocenters. The van der Waals surface area contributed by atoms with Crippen molar-refractivity contribution in [1.82, 2.24) is 58.1 Å². The van der Waals surface area contributed by atoms with E-state index in [1.807, 2.05) is 5.32 Å². The van der Waals surface area contributed by atoms with Crippen molar-refractivity contribution >= 4 is 94.7 Å². The van der Waals surface area contributed by atoms with E-state index in [1.54, 1.807) is 65.0 Å². The summed E-state index contributed by atoms with van der Waals surface area (Å²) in [6.45, 7) is 10.8. The van der Waals surface area contributed by atoms with E-state index < -0.39 is 236 Å². The number of likely N-dealkylation sites (tertiary alicyclic amines) is 1. The highest BCUT2D eigenvalue weighted by Crippen LogP contribution is 2.22. The second-order valence-electron chi connectivity index (χ2n) is 24.7. The van der Waals surface area contributed by atoms with Gasteiger partial charge in [-0.2, -0.15) is 0 Å². The third-order valence-corrected chi connectivity index (χ3v) is 15.5. The van der Waals surface area contributed by atoms with Gasteiger partial charge in [-0.15, -0.1) is 0 Å². The number of carbonyl (C=O) groups excluding carboxylic acids is 13. The number of rotatable bonds is 43. The van der Waals surface area contributed by atoms with Gasteiger partial charge in [-0.1, -0.05) is 78.3 Å². The molecule has 1 aromatic rings. The SMILES string of the molecule is CC[C@H](C)[C@H](NC(=O)[C@@H](NC(=O)[C@H](CC(C)C)NC(=O)[C@@H](NC(=O)[C@@H](N)Cc1ccccc1)[C@@H](C)O)[C@@H](C)O)C(=O)N[C@@H](CO)C(=O)N[C@@H](CC(N)=O)C(=O)N[C@@H](CC(C)C)C(=O)N[C@@H](CCC(N)=O)C(=O)N1CCC[C@H]1C(=O)N[C@@H](CCC(=O)O)C(=O)N[C@@H](CC(=O)O)C(=O)O.